The number of hydrogen-bond acceptors (Lipinski definition) is 4. The lowest BCUT2D eigenvalue weighted by Gasteiger charge is -2.36. The Morgan fingerprint density at radius 1 is 1.18 bits per heavy atom. The van der Waals surface area contributed by atoms with Crippen molar-refractivity contribution in [1.82, 2.24) is 5.32 Å². The third kappa shape index (κ3) is 2.64. The molecule has 4 heteroatoms. The first-order chi connectivity index (χ1) is 8.24. The SMILES string of the molecule is COc1cc(OC)cc(N2CCNC[C@@H]2C)c1. The molecule has 0 amide bonds. The zero-order valence-corrected chi connectivity index (χ0v) is 10.7. The quantitative estimate of drug-likeness (QED) is 0.862. The summed E-state index contributed by atoms with van der Waals surface area (Å²) in [6.07, 6.45) is 0. The molecule has 94 valence electrons. The molecule has 0 radical (unpaired) electrons. The highest BCUT2D eigenvalue weighted by molar-refractivity contribution is 5.56. The topological polar surface area (TPSA) is 33.7 Å². The summed E-state index contributed by atoms with van der Waals surface area (Å²) in [5.41, 5.74) is 1.16. The number of ether oxygens (including phenoxy) is 2. The first kappa shape index (κ1) is 12.0. The highest BCUT2D eigenvalue weighted by Gasteiger charge is 2.19. The van der Waals surface area contributed by atoms with Gasteiger partial charge in [0, 0.05) is 49.6 Å². The van der Waals surface area contributed by atoms with Gasteiger partial charge in [0.2, 0.25) is 0 Å². The largest absolute Gasteiger partial charge is 0.497 e. The molecule has 17 heavy (non-hydrogen) atoms. The van der Waals surface area contributed by atoms with Crippen molar-refractivity contribution < 1.29 is 9.47 Å². The lowest BCUT2D eigenvalue weighted by Crippen LogP contribution is -2.49. The van der Waals surface area contributed by atoms with Crippen LogP contribution in [0.25, 0.3) is 0 Å². The number of piperazine rings is 1. The highest BCUT2D eigenvalue weighted by Crippen LogP contribution is 2.29. The second-order valence-corrected chi connectivity index (χ2v) is 4.32. The molecule has 0 unspecified atom stereocenters. The molecule has 2 rings (SSSR count). The van der Waals surface area contributed by atoms with E-state index in [0.717, 1.165) is 36.8 Å². The molecule has 1 N–H and O–H groups in total. The summed E-state index contributed by atoms with van der Waals surface area (Å²) in [7, 11) is 3.36. The van der Waals surface area contributed by atoms with Gasteiger partial charge in [-0.1, -0.05) is 0 Å². The van der Waals surface area contributed by atoms with E-state index in [9.17, 15) is 0 Å². The monoisotopic (exact) mass is 236 g/mol. The molecule has 0 aliphatic carbocycles. The highest BCUT2D eigenvalue weighted by atomic mass is 16.5. The molecule has 0 spiro atoms. The van der Waals surface area contributed by atoms with Crippen molar-refractivity contribution in [2.24, 2.45) is 0 Å². The van der Waals surface area contributed by atoms with Crippen molar-refractivity contribution in [2.75, 3.05) is 38.8 Å². The average Bonchev–Trinajstić information content (AvgIpc) is 2.38. The third-order valence-corrected chi connectivity index (χ3v) is 3.17. The number of anilines is 1. The summed E-state index contributed by atoms with van der Waals surface area (Å²) in [5.74, 6) is 1.68. The predicted octanol–water partition coefficient (Wildman–Crippen LogP) is 1.50. The maximum Gasteiger partial charge on any atom is 0.124 e. The van der Waals surface area contributed by atoms with Gasteiger partial charge in [-0.15, -0.1) is 0 Å². The second kappa shape index (κ2) is 5.27. The molecule has 1 atom stereocenters. The van der Waals surface area contributed by atoms with Crippen molar-refractivity contribution >= 4 is 5.69 Å². The van der Waals surface area contributed by atoms with E-state index in [0.29, 0.717) is 6.04 Å². The maximum absolute atomic E-state index is 5.30. The van der Waals surface area contributed by atoms with Crippen LogP contribution in [0.1, 0.15) is 6.92 Å². The van der Waals surface area contributed by atoms with Gasteiger partial charge in [0.1, 0.15) is 11.5 Å². The van der Waals surface area contributed by atoms with Crippen LogP contribution >= 0.6 is 0 Å². The Morgan fingerprint density at radius 2 is 1.82 bits per heavy atom. The molecule has 1 aromatic rings. The first-order valence-electron chi connectivity index (χ1n) is 5.95. The van der Waals surface area contributed by atoms with Gasteiger partial charge >= 0.3 is 0 Å². The minimum atomic E-state index is 0.487. The number of nitrogens with zero attached hydrogens (tertiary/aromatic N) is 1. The minimum absolute atomic E-state index is 0.487. The molecule has 1 aromatic carbocycles. The van der Waals surface area contributed by atoms with E-state index in [1.807, 2.05) is 6.07 Å². The van der Waals surface area contributed by atoms with Gasteiger partial charge in [0.05, 0.1) is 14.2 Å². The van der Waals surface area contributed by atoms with Gasteiger partial charge in [-0.3, -0.25) is 0 Å². The number of hydrogen-bond donors (Lipinski definition) is 1. The van der Waals surface area contributed by atoms with E-state index < -0.39 is 0 Å². The number of nitrogens with one attached hydrogen (secondary N) is 1. The predicted molar refractivity (Wildman–Crippen MR) is 69.2 cm³/mol. The van der Waals surface area contributed by atoms with Crippen LogP contribution in [0.3, 0.4) is 0 Å². The summed E-state index contributed by atoms with van der Waals surface area (Å²) in [4.78, 5) is 2.38. The van der Waals surface area contributed by atoms with Gasteiger partial charge in [-0.05, 0) is 6.92 Å². The van der Waals surface area contributed by atoms with E-state index >= 15 is 0 Å². The molecule has 4 nitrogen and oxygen atoms in total. The van der Waals surface area contributed by atoms with Crippen LogP contribution in [-0.4, -0.2) is 39.9 Å². The fourth-order valence-corrected chi connectivity index (χ4v) is 2.18. The molecule has 1 fully saturated rings. The normalized spacial score (nSPS) is 20.2. The molecule has 1 aliphatic rings. The van der Waals surface area contributed by atoms with Crippen LogP contribution < -0.4 is 19.7 Å². The van der Waals surface area contributed by atoms with Crippen molar-refractivity contribution in [1.29, 1.82) is 0 Å². The Labute approximate surface area is 103 Å². The maximum atomic E-state index is 5.30. The smallest absolute Gasteiger partial charge is 0.124 e. The van der Waals surface area contributed by atoms with Gasteiger partial charge in [0.15, 0.2) is 0 Å². The molecular weight excluding hydrogens is 216 g/mol. The van der Waals surface area contributed by atoms with Crippen molar-refractivity contribution in [3.8, 4) is 11.5 Å². The Morgan fingerprint density at radius 3 is 2.35 bits per heavy atom. The zero-order chi connectivity index (χ0) is 12.3. The van der Waals surface area contributed by atoms with Crippen LogP contribution in [0.15, 0.2) is 18.2 Å². The summed E-state index contributed by atoms with van der Waals surface area (Å²) >= 11 is 0. The van der Waals surface area contributed by atoms with Crippen LogP contribution in [0.5, 0.6) is 11.5 Å². The zero-order valence-electron chi connectivity index (χ0n) is 10.7. The van der Waals surface area contributed by atoms with Gasteiger partial charge < -0.3 is 19.7 Å². The van der Waals surface area contributed by atoms with Crippen LogP contribution in [-0.2, 0) is 0 Å². The Kier molecular flexibility index (Phi) is 3.74. The average molecular weight is 236 g/mol. The van der Waals surface area contributed by atoms with Gasteiger partial charge in [-0.2, -0.15) is 0 Å². The second-order valence-electron chi connectivity index (χ2n) is 4.32. The Balaban J connectivity index is 2.29. The lowest BCUT2D eigenvalue weighted by atomic mass is 10.1. The van der Waals surface area contributed by atoms with Gasteiger partial charge in [0.25, 0.3) is 0 Å². The fourth-order valence-electron chi connectivity index (χ4n) is 2.18. The van der Waals surface area contributed by atoms with Crippen LogP contribution in [0.2, 0.25) is 0 Å². The van der Waals surface area contributed by atoms with E-state index in [1.54, 1.807) is 14.2 Å². The molecule has 1 aliphatic heterocycles. The van der Waals surface area contributed by atoms with E-state index in [-0.39, 0.29) is 0 Å². The summed E-state index contributed by atoms with van der Waals surface area (Å²) < 4.78 is 10.6. The number of benzene rings is 1. The first-order valence-corrected chi connectivity index (χ1v) is 5.95. The van der Waals surface area contributed by atoms with E-state index in [2.05, 4.69) is 29.3 Å². The third-order valence-electron chi connectivity index (χ3n) is 3.17. The number of methoxy groups -OCH3 is 2. The lowest BCUT2D eigenvalue weighted by molar-refractivity contribution is 0.393. The Hall–Kier alpha value is -1.42. The minimum Gasteiger partial charge on any atom is -0.497 e. The van der Waals surface area contributed by atoms with Crippen LogP contribution in [0, 0.1) is 0 Å². The van der Waals surface area contributed by atoms with E-state index in [4.69, 9.17) is 9.47 Å². The van der Waals surface area contributed by atoms with Crippen molar-refractivity contribution in [3.05, 3.63) is 18.2 Å². The van der Waals surface area contributed by atoms with Crippen LogP contribution in [0.4, 0.5) is 5.69 Å². The summed E-state index contributed by atoms with van der Waals surface area (Å²) in [5, 5.41) is 3.39. The number of rotatable bonds is 3. The molecular formula is C13H20N2O2. The van der Waals surface area contributed by atoms with Crippen molar-refractivity contribution in [2.45, 2.75) is 13.0 Å². The molecule has 0 saturated carbocycles. The summed E-state index contributed by atoms with van der Waals surface area (Å²) in [6.45, 7) is 5.26. The summed E-state index contributed by atoms with van der Waals surface area (Å²) in [6, 6.07) is 6.51. The molecule has 0 aromatic heterocycles. The molecule has 1 saturated heterocycles. The fraction of sp³-hybridized carbons (Fsp3) is 0.538. The Bertz CT molecular complexity index is 359. The molecule has 1 heterocycles. The van der Waals surface area contributed by atoms with Gasteiger partial charge in [-0.25, -0.2) is 0 Å². The van der Waals surface area contributed by atoms with E-state index in [1.165, 1.54) is 0 Å². The van der Waals surface area contributed by atoms with Crippen molar-refractivity contribution in [3.63, 3.8) is 0 Å². The molecule has 0 bridgehead atoms. The standard InChI is InChI=1S/C13H20N2O2/c1-10-9-14-4-5-15(10)11-6-12(16-2)8-13(7-11)17-3/h6-8,10,14H,4-5,9H2,1-3H3/t10-/m0/s1.